The minimum Gasteiger partial charge on any atom is -0.264 e. The lowest BCUT2D eigenvalue weighted by molar-refractivity contribution is 1.07. The second kappa shape index (κ2) is 12.4. The van der Waals surface area contributed by atoms with Crippen LogP contribution in [0.2, 0.25) is 0 Å². The van der Waals surface area contributed by atoms with Gasteiger partial charge in [0.25, 0.3) is 0 Å². The van der Waals surface area contributed by atoms with Gasteiger partial charge in [-0.25, -0.2) is 15.0 Å². The zero-order valence-corrected chi connectivity index (χ0v) is 27.2. The Labute approximate surface area is 288 Å². The molecule has 9 aromatic rings. The van der Waals surface area contributed by atoms with Gasteiger partial charge in [0.05, 0.1) is 0 Å². The van der Waals surface area contributed by atoms with Crippen molar-refractivity contribution in [2.45, 2.75) is 0 Å². The fourth-order valence-corrected chi connectivity index (χ4v) is 7.76. The van der Waals surface area contributed by atoms with E-state index in [2.05, 4.69) is 96.0 Å². The van der Waals surface area contributed by atoms with E-state index in [1.807, 2.05) is 84.3 Å². The molecule has 0 aliphatic carbocycles. The molecule has 230 valence electrons. The fraction of sp³-hybridized carbons (Fsp3) is 0. The molecule has 0 saturated carbocycles. The summed E-state index contributed by atoms with van der Waals surface area (Å²) in [6.07, 6.45) is 3.71. The zero-order chi connectivity index (χ0) is 32.6. The van der Waals surface area contributed by atoms with Crippen LogP contribution < -0.4 is 0 Å². The molecular weight excluding hydrogens is 617 g/mol. The van der Waals surface area contributed by atoms with Crippen LogP contribution in [0.15, 0.2) is 170 Å². The second-order valence-corrected chi connectivity index (χ2v) is 12.9. The SMILES string of the molecule is c1ccc(-c2nc(-c3ccccc3)nc(-c3ccc(-c4cccc5c4sc4c(-c6ccc(-c7cccnc7)cc6)cccc45)cc3)n2)cc1. The molecule has 0 N–H and O–H groups in total. The van der Waals surface area contributed by atoms with Gasteiger partial charge in [-0.1, -0.05) is 152 Å². The molecule has 0 aliphatic rings. The van der Waals surface area contributed by atoms with Gasteiger partial charge in [-0.05, 0) is 39.4 Å². The molecule has 5 heteroatoms. The molecule has 49 heavy (non-hydrogen) atoms. The molecule has 6 aromatic carbocycles. The second-order valence-electron chi connectivity index (χ2n) is 11.9. The molecule has 0 fully saturated rings. The maximum atomic E-state index is 4.92. The van der Waals surface area contributed by atoms with Crippen molar-refractivity contribution in [2.75, 3.05) is 0 Å². The van der Waals surface area contributed by atoms with Gasteiger partial charge in [-0.2, -0.15) is 0 Å². The Morgan fingerprint density at radius 2 is 0.755 bits per heavy atom. The highest BCUT2D eigenvalue weighted by molar-refractivity contribution is 7.26. The molecule has 0 aliphatic heterocycles. The van der Waals surface area contributed by atoms with Crippen LogP contribution in [0.3, 0.4) is 0 Å². The highest BCUT2D eigenvalue weighted by Gasteiger charge is 2.16. The molecule has 4 nitrogen and oxygen atoms in total. The van der Waals surface area contributed by atoms with Gasteiger partial charge in [0.1, 0.15) is 0 Å². The van der Waals surface area contributed by atoms with E-state index in [0.29, 0.717) is 17.5 Å². The Balaban J connectivity index is 1.10. The normalized spacial score (nSPS) is 11.3. The molecule has 0 saturated heterocycles. The van der Waals surface area contributed by atoms with Gasteiger partial charge >= 0.3 is 0 Å². The highest BCUT2D eigenvalue weighted by atomic mass is 32.1. The van der Waals surface area contributed by atoms with Gasteiger partial charge < -0.3 is 0 Å². The van der Waals surface area contributed by atoms with E-state index in [4.69, 9.17) is 15.0 Å². The zero-order valence-electron chi connectivity index (χ0n) is 26.4. The average Bonchev–Trinajstić information content (AvgIpc) is 3.58. The Hall–Kier alpha value is -6.30. The van der Waals surface area contributed by atoms with E-state index >= 15 is 0 Å². The van der Waals surface area contributed by atoms with Crippen molar-refractivity contribution < 1.29 is 0 Å². The molecule has 0 atom stereocenters. The summed E-state index contributed by atoms with van der Waals surface area (Å²) in [5, 5.41) is 2.55. The van der Waals surface area contributed by atoms with Gasteiger partial charge in [-0.3, -0.25) is 4.98 Å². The minimum absolute atomic E-state index is 0.651. The van der Waals surface area contributed by atoms with Crippen LogP contribution in [0, 0.1) is 0 Å². The van der Waals surface area contributed by atoms with Crippen molar-refractivity contribution in [2.24, 2.45) is 0 Å². The molecule has 0 unspecified atom stereocenters. The maximum absolute atomic E-state index is 4.92. The summed E-state index contributed by atoms with van der Waals surface area (Å²) in [5.74, 6) is 1.97. The lowest BCUT2D eigenvalue weighted by atomic mass is 9.98. The van der Waals surface area contributed by atoms with Crippen molar-refractivity contribution in [3.05, 3.63) is 170 Å². The number of hydrogen-bond donors (Lipinski definition) is 0. The monoisotopic (exact) mass is 644 g/mol. The Morgan fingerprint density at radius 3 is 1.22 bits per heavy atom. The number of fused-ring (bicyclic) bond motifs is 3. The van der Waals surface area contributed by atoms with Crippen molar-refractivity contribution >= 4 is 31.5 Å². The smallest absolute Gasteiger partial charge is 0.164 e. The van der Waals surface area contributed by atoms with E-state index in [1.54, 1.807) is 6.20 Å². The van der Waals surface area contributed by atoms with Gasteiger partial charge in [0.15, 0.2) is 17.5 Å². The quantitative estimate of drug-likeness (QED) is 0.181. The number of hydrogen-bond acceptors (Lipinski definition) is 5. The maximum Gasteiger partial charge on any atom is 0.164 e. The van der Waals surface area contributed by atoms with E-state index < -0.39 is 0 Å². The standard InChI is InChI=1S/C44H28N4S/c1-3-10-32(11-4-1)42-46-43(33-12-5-2-6-13-33)48-44(47-42)34-25-23-31(24-26-34)37-16-8-18-39-38-17-7-15-36(40(38)49-41(37)39)30-21-19-29(20-22-30)35-14-9-27-45-28-35/h1-28H. The van der Waals surface area contributed by atoms with Gasteiger partial charge in [0, 0.05) is 49.3 Å². The minimum atomic E-state index is 0.651. The molecule has 3 aromatic heterocycles. The molecule has 0 radical (unpaired) electrons. The lowest BCUT2D eigenvalue weighted by Crippen LogP contribution is -2.00. The fourth-order valence-electron chi connectivity index (χ4n) is 6.39. The summed E-state index contributed by atoms with van der Waals surface area (Å²) in [7, 11) is 0. The van der Waals surface area contributed by atoms with Crippen LogP contribution in [0.5, 0.6) is 0 Å². The third-order valence-electron chi connectivity index (χ3n) is 8.87. The molecule has 0 amide bonds. The van der Waals surface area contributed by atoms with E-state index in [9.17, 15) is 0 Å². The number of aromatic nitrogens is 4. The number of nitrogens with zero attached hydrogens (tertiary/aromatic N) is 4. The highest BCUT2D eigenvalue weighted by Crippen LogP contribution is 2.44. The first kappa shape index (κ1) is 28.9. The van der Waals surface area contributed by atoms with Crippen molar-refractivity contribution in [3.8, 4) is 67.5 Å². The van der Waals surface area contributed by atoms with Crippen LogP contribution in [0.25, 0.3) is 87.7 Å². The summed E-state index contributed by atoms with van der Waals surface area (Å²) < 4.78 is 2.57. The molecule has 3 heterocycles. The molecule has 0 spiro atoms. The summed E-state index contributed by atoms with van der Waals surface area (Å²) in [6, 6.07) is 54.9. The van der Waals surface area contributed by atoms with E-state index in [0.717, 1.165) is 33.4 Å². The first-order chi connectivity index (χ1) is 24.3. The van der Waals surface area contributed by atoms with Crippen molar-refractivity contribution in [1.29, 1.82) is 0 Å². The largest absolute Gasteiger partial charge is 0.264 e. The van der Waals surface area contributed by atoms with Gasteiger partial charge in [-0.15, -0.1) is 11.3 Å². The predicted molar refractivity (Wildman–Crippen MR) is 203 cm³/mol. The molecule has 9 rings (SSSR count). The lowest BCUT2D eigenvalue weighted by Gasteiger charge is -2.09. The summed E-state index contributed by atoms with van der Waals surface area (Å²) in [4.78, 5) is 19.0. The van der Waals surface area contributed by atoms with Crippen molar-refractivity contribution in [1.82, 2.24) is 19.9 Å². The predicted octanol–water partition coefficient (Wildman–Crippen LogP) is 11.6. The Kier molecular flexibility index (Phi) is 7.30. The molecule has 0 bridgehead atoms. The van der Waals surface area contributed by atoms with Crippen LogP contribution in [0.4, 0.5) is 0 Å². The van der Waals surface area contributed by atoms with Crippen LogP contribution in [-0.4, -0.2) is 19.9 Å². The third-order valence-corrected chi connectivity index (χ3v) is 10.2. The van der Waals surface area contributed by atoms with Crippen LogP contribution in [-0.2, 0) is 0 Å². The number of benzene rings is 6. The third kappa shape index (κ3) is 5.46. The number of thiophene rings is 1. The van der Waals surface area contributed by atoms with Gasteiger partial charge in [0.2, 0.25) is 0 Å². The van der Waals surface area contributed by atoms with Crippen LogP contribution >= 0.6 is 11.3 Å². The summed E-state index contributed by atoms with van der Waals surface area (Å²) >= 11 is 1.86. The average molecular weight is 645 g/mol. The Bertz CT molecular complexity index is 2510. The van der Waals surface area contributed by atoms with Crippen LogP contribution in [0.1, 0.15) is 0 Å². The topological polar surface area (TPSA) is 51.6 Å². The first-order valence-electron chi connectivity index (χ1n) is 16.2. The number of pyridine rings is 1. The van der Waals surface area contributed by atoms with Crippen molar-refractivity contribution in [3.63, 3.8) is 0 Å². The van der Waals surface area contributed by atoms with E-state index in [-0.39, 0.29) is 0 Å². The summed E-state index contributed by atoms with van der Waals surface area (Å²) in [5.41, 5.74) is 9.97. The number of rotatable bonds is 6. The molecular formula is C44H28N4S. The Morgan fingerprint density at radius 1 is 0.327 bits per heavy atom. The first-order valence-corrected chi connectivity index (χ1v) is 17.0. The van der Waals surface area contributed by atoms with E-state index in [1.165, 1.54) is 36.9 Å². The summed E-state index contributed by atoms with van der Waals surface area (Å²) in [6.45, 7) is 0.